The van der Waals surface area contributed by atoms with Gasteiger partial charge in [0, 0.05) is 16.6 Å². The van der Waals surface area contributed by atoms with Gasteiger partial charge in [0.1, 0.15) is 5.82 Å². The van der Waals surface area contributed by atoms with Gasteiger partial charge in [0.25, 0.3) is 0 Å². The number of hydrogen-bond acceptors (Lipinski definition) is 4. The third-order valence-electron chi connectivity index (χ3n) is 4.60. The molecular weight excluding hydrogens is 363 g/mol. The average Bonchev–Trinajstić information content (AvgIpc) is 2.61. The quantitative estimate of drug-likeness (QED) is 0.602. The van der Waals surface area contributed by atoms with E-state index in [9.17, 15) is 4.39 Å². The van der Waals surface area contributed by atoms with Crippen LogP contribution < -0.4 is 5.32 Å². The first-order valence-corrected chi connectivity index (χ1v) is 8.86. The predicted molar refractivity (Wildman–Crippen MR) is 113 cm³/mol. The molecule has 3 aromatic rings. The Morgan fingerprint density at radius 3 is 2.26 bits per heavy atom. The lowest BCUT2D eigenvalue weighted by molar-refractivity contribution is 0.342. The number of nitrogens with one attached hydrogen (secondary N) is 1. The van der Waals surface area contributed by atoms with Crippen molar-refractivity contribution < 1.29 is 4.39 Å². The maximum Gasteiger partial charge on any atom is 0.224 e. The minimum Gasteiger partial charge on any atom is -0.339 e. The van der Waals surface area contributed by atoms with Crippen LogP contribution in [-0.4, -0.2) is 35.1 Å². The Labute approximate surface area is 166 Å². The SMILES string of the molecule is CC(C)c1cc(-c2ccc(F)c3ccccc23)nc(NC(C)N(C)C)n1.Cl. The van der Waals surface area contributed by atoms with E-state index in [1.54, 1.807) is 12.1 Å². The molecule has 0 fully saturated rings. The van der Waals surface area contributed by atoms with E-state index in [1.165, 1.54) is 6.07 Å². The summed E-state index contributed by atoms with van der Waals surface area (Å²) in [6.45, 7) is 6.26. The summed E-state index contributed by atoms with van der Waals surface area (Å²) in [5, 5.41) is 4.79. The van der Waals surface area contributed by atoms with Crippen LogP contribution in [0, 0.1) is 5.82 Å². The fourth-order valence-electron chi connectivity index (χ4n) is 2.77. The molecule has 0 bridgehead atoms. The van der Waals surface area contributed by atoms with Crippen LogP contribution in [0.15, 0.2) is 42.5 Å². The third-order valence-corrected chi connectivity index (χ3v) is 4.60. The third kappa shape index (κ3) is 4.54. The maximum atomic E-state index is 14.2. The monoisotopic (exact) mass is 388 g/mol. The molecule has 1 heterocycles. The van der Waals surface area contributed by atoms with E-state index in [1.807, 2.05) is 38.4 Å². The first-order chi connectivity index (χ1) is 12.4. The Morgan fingerprint density at radius 2 is 1.63 bits per heavy atom. The topological polar surface area (TPSA) is 41.1 Å². The molecule has 1 aromatic heterocycles. The normalized spacial score (nSPS) is 12.3. The summed E-state index contributed by atoms with van der Waals surface area (Å²) in [4.78, 5) is 11.4. The summed E-state index contributed by atoms with van der Waals surface area (Å²) in [6, 6.07) is 12.8. The molecule has 6 heteroatoms. The molecule has 1 unspecified atom stereocenters. The van der Waals surface area contributed by atoms with Crippen molar-refractivity contribution in [1.82, 2.24) is 14.9 Å². The number of nitrogens with zero attached hydrogens (tertiary/aromatic N) is 3. The lowest BCUT2D eigenvalue weighted by atomic mass is 10.00. The summed E-state index contributed by atoms with van der Waals surface area (Å²) >= 11 is 0. The van der Waals surface area contributed by atoms with Gasteiger partial charge >= 0.3 is 0 Å². The molecule has 2 aromatic carbocycles. The number of hydrogen-bond donors (Lipinski definition) is 1. The molecule has 4 nitrogen and oxygen atoms in total. The van der Waals surface area contributed by atoms with E-state index in [2.05, 4.69) is 36.0 Å². The van der Waals surface area contributed by atoms with E-state index >= 15 is 0 Å². The Kier molecular flexibility index (Phi) is 6.73. The summed E-state index contributed by atoms with van der Waals surface area (Å²) in [5.74, 6) is 0.626. The van der Waals surface area contributed by atoms with Crippen molar-refractivity contribution in [3.63, 3.8) is 0 Å². The molecule has 27 heavy (non-hydrogen) atoms. The average molecular weight is 389 g/mol. The fourth-order valence-corrected chi connectivity index (χ4v) is 2.77. The highest BCUT2D eigenvalue weighted by atomic mass is 35.5. The zero-order valence-corrected chi connectivity index (χ0v) is 17.1. The van der Waals surface area contributed by atoms with Gasteiger partial charge in [-0.05, 0) is 50.5 Å². The molecule has 3 rings (SSSR count). The van der Waals surface area contributed by atoms with E-state index in [-0.39, 0.29) is 30.3 Å². The van der Waals surface area contributed by atoms with Crippen LogP contribution in [-0.2, 0) is 0 Å². The molecule has 1 N–H and O–H groups in total. The zero-order valence-electron chi connectivity index (χ0n) is 16.3. The molecule has 0 aliphatic heterocycles. The summed E-state index contributed by atoms with van der Waals surface area (Å²) in [6.07, 6.45) is 0.0928. The number of benzene rings is 2. The Balaban J connectivity index is 0.00000261. The van der Waals surface area contributed by atoms with Gasteiger partial charge in [-0.1, -0.05) is 38.1 Å². The smallest absolute Gasteiger partial charge is 0.224 e. The van der Waals surface area contributed by atoms with Crippen LogP contribution in [0.4, 0.5) is 10.3 Å². The van der Waals surface area contributed by atoms with Crippen molar-refractivity contribution in [3.8, 4) is 11.3 Å². The van der Waals surface area contributed by atoms with Crippen LogP contribution in [0.2, 0.25) is 0 Å². The van der Waals surface area contributed by atoms with Crippen LogP contribution >= 0.6 is 12.4 Å². The number of anilines is 1. The Morgan fingerprint density at radius 1 is 0.963 bits per heavy atom. The predicted octanol–water partition coefficient (Wildman–Crippen LogP) is 5.30. The van der Waals surface area contributed by atoms with Crippen molar-refractivity contribution in [3.05, 3.63) is 54.0 Å². The lowest BCUT2D eigenvalue weighted by Crippen LogP contribution is -2.33. The number of fused-ring (bicyclic) bond motifs is 1. The standard InChI is InChI=1S/C21H25FN4.ClH/c1-13(2)19-12-20(25-21(24-19)23-14(3)26(4)5)17-10-11-18(22)16-9-7-6-8-15(16)17;/h6-14H,1-5H3,(H,23,24,25);1H. The largest absolute Gasteiger partial charge is 0.339 e. The zero-order chi connectivity index (χ0) is 18.8. The first-order valence-electron chi connectivity index (χ1n) is 8.86. The van der Waals surface area contributed by atoms with Gasteiger partial charge in [0.2, 0.25) is 5.95 Å². The molecule has 0 amide bonds. The molecule has 144 valence electrons. The highest BCUT2D eigenvalue weighted by Crippen LogP contribution is 2.31. The number of aromatic nitrogens is 2. The van der Waals surface area contributed by atoms with E-state index in [0.29, 0.717) is 11.3 Å². The second kappa shape index (κ2) is 8.63. The van der Waals surface area contributed by atoms with Crippen molar-refractivity contribution in [2.24, 2.45) is 0 Å². The second-order valence-electron chi connectivity index (χ2n) is 7.08. The molecule has 0 aliphatic carbocycles. The van der Waals surface area contributed by atoms with Gasteiger partial charge in [0.05, 0.1) is 11.9 Å². The summed E-state index contributed by atoms with van der Waals surface area (Å²) in [5.41, 5.74) is 2.66. The van der Waals surface area contributed by atoms with Gasteiger partial charge in [0.15, 0.2) is 0 Å². The van der Waals surface area contributed by atoms with Crippen molar-refractivity contribution in [1.29, 1.82) is 0 Å². The molecule has 0 saturated heterocycles. The highest BCUT2D eigenvalue weighted by molar-refractivity contribution is 5.96. The Hall–Kier alpha value is -2.24. The van der Waals surface area contributed by atoms with Gasteiger partial charge in [-0.15, -0.1) is 12.4 Å². The minimum absolute atomic E-state index is 0. The molecule has 0 radical (unpaired) electrons. The van der Waals surface area contributed by atoms with E-state index in [4.69, 9.17) is 4.98 Å². The fraction of sp³-hybridized carbons (Fsp3) is 0.333. The summed E-state index contributed by atoms with van der Waals surface area (Å²) < 4.78 is 14.2. The van der Waals surface area contributed by atoms with Crippen LogP contribution in [0.5, 0.6) is 0 Å². The molecule has 0 aliphatic rings. The van der Waals surface area contributed by atoms with Crippen molar-refractivity contribution >= 4 is 29.1 Å². The summed E-state index contributed by atoms with van der Waals surface area (Å²) in [7, 11) is 4.00. The molecule has 0 spiro atoms. The number of rotatable bonds is 5. The lowest BCUT2D eigenvalue weighted by Gasteiger charge is -2.22. The second-order valence-corrected chi connectivity index (χ2v) is 7.08. The highest BCUT2D eigenvalue weighted by Gasteiger charge is 2.14. The molecule has 1 atom stereocenters. The van der Waals surface area contributed by atoms with Crippen LogP contribution in [0.25, 0.3) is 22.0 Å². The van der Waals surface area contributed by atoms with Crippen LogP contribution in [0.1, 0.15) is 32.4 Å². The number of halogens is 2. The van der Waals surface area contributed by atoms with Gasteiger partial charge in [-0.2, -0.15) is 0 Å². The van der Waals surface area contributed by atoms with Gasteiger partial charge in [-0.25, -0.2) is 14.4 Å². The maximum absolute atomic E-state index is 14.2. The molecular formula is C21H26ClFN4. The minimum atomic E-state index is -0.220. The molecule has 0 saturated carbocycles. The van der Waals surface area contributed by atoms with Gasteiger partial charge in [-0.3, -0.25) is 4.90 Å². The van der Waals surface area contributed by atoms with Crippen molar-refractivity contribution in [2.75, 3.05) is 19.4 Å². The van der Waals surface area contributed by atoms with Crippen molar-refractivity contribution in [2.45, 2.75) is 32.9 Å². The van der Waals surface area contributed by atoms with E-state index < -0.39 is 0 Å². The van der Waals surface area contributed by atoms with E-state index in [0.717, 1.165) is 22.3 Å². The Bertz CT molecular complexity index is 927. The van der Waals surface area contributed by atoms with Crippen LogP contribution in [0.3, 0.4) is 0 Å². The van der Waals surface area contributed by atoms with Gasteiger partial charge < -0.3 is 5.32 Å². The first kappa shape index (κ1) is 21.1.